The third-order valence-electron chi connectivity index (χ3n) is 4.10. The number of carboxylic acid groups (broad SMARTS) is 2. The molecule has 6 N–H and O–H groups in total. The number of aromatic nitrogens is 2. The highest BCUT2D eigenvalue weighted by Crippen LogP contribution is 2.08. The molecule has 0 aliphatic rings. The lowest BCUT2D eigenvalue weighted by Crippen LogP contribution is -2.44. The van der Waals surface area contributed by atoms with E-state index in [2.05, 4.69) is 25.9 Å². The van der Waals surface area contributed by atoms with E-state index in [0.717, 1.165) is 0 Å². The molecule has 31 heavy (non-hydrogen) atoms. The van der Waals surface area contributed by atoms with Crippen LogP contribution in [0.25, 0.3) is 0 Å². The lowest BCUT2D eigenvalue weighted by atomic mass is 10.1. The molecule has 0 aliphatic carbocycles. The predicted molar refractivity (Wildman–Crippen MR) is 105 cm³/mol. The van der Waals surface area contributed by atoms with E-state index in [1.54, 1.807) is 0 Å². The molecule has 1 aromatic heterocycles. The number of carboxylic acids is 2. The summed E-state index contributed by atoms with van der Waals surface area (Å²) >= 11 is 0. The van der Waals surface area contributed by atoms with Crippen LogP contribution < -0.4 is 16.0 Å². The highest BCUT2D eigenvalue weighted by Gasteiger charge is 2.21. The summed E-state index contributed by atoms with van der Waals surface area (Å²) in [6.45, 7) is -0.505. The first-order valence-corrected chi connectivity index (χ1v) is 9.14. The third kappa shape index (κ3) is 7.27. The van der Waals surface area contributed by atoms with Gasteiger partial charge in [0.25, 0.3) is 5.91 Å². The molecule has 0 aliphatic heterocycles. The van der Waals surface area contributed by atoms with Crippen LogP contribution in [-0.4, -0.2) is 69.0 Å². The molecule has 0 bridgehead atoms. The number of rotatable bonds is 11. The summed E-state index contributed by atoms with van der Waals surface area (Å²) in [5, 5.41) is 25.4. The van der Waals surface area contributed by atoms with Crippen LogP contribution in [-0.2, 0) is 20.8 Å². The summed E-state index contributed by atoms with van der Waals surface area (Å²) in [5.41, 5.74) is 0.264. The van der Waals surface area contributed by atoms with Crippen LogP contribution in [0.15, 0.2) is 36.8 Å². The summed E-state index contributed by atoms with van der Waals surface area (Å²) in [6.07, 6.45) is 2.70. The minimum atomic E-state index is -1.27. The van der Waals surface area contributed by atoms with Gasteiger partial charge in [-0.25, -0.2) is 14.6 Å². The van der Waals surface area contributed by atoms with Gasteiger partial charge in [-0.1, -0.05) is 12.1 Å². The molecule has 164 valence electrons. The first-order valence-electron chi connectivity index (χ1n) is 9.14. The molecule has 0 saturated carbocycles. The van der Waals surface area contributed by atoms with Crippen LogP contribution in [0.1, 0.15) is 32.8 Å². The van der Waals surface area contributed by atoms with Gasteiger partial charge in [-0.05, 0) is 12.1 Å². The third-order valence-corrected chi connectivity index (χ3v) is 4.10. The largest absolute Gasteiger partial charge is 0.480 e. The van der Waals surface area contributed by atoms with Crippen LogP contribution in [0.2, 0.25) is 0 Å². The Labute approximate surface area is 176 Å². The second-order valence-corrected chi connectivity index (χ2v) is 6.37. The topological polar surface area (TPSA) is 191 Å². The molecule has 0 saturated heterocycles. The minimum absolute atomic E-state index is 0.0251. The molecule has 2 aromatic rings. The van der Waals surface area contributed by atoms with E-state index in [1.165, 1.54) is 36.8 Å². The Balaban J connectivity index is 1.73. The van der Waals surface area contributed by atoms with E-state index >= 15 is 0 Å². The highest BCUT2D eigenvalue weighted by atomic mass is 16.4. The molecule has 1 heterocycles. The molecule has 1 aromatic carbocycles. The van der Waals surface area contributed by atoms with Gasteiger partial charge in [-0.15, -0.1) is 0 Å². The molecule has 0 spiro atoms. The molecule has 0 radical (unpaired) electrons. The van der Waals surface area contributed by atoms with Gasteiger partial charge in [0.2, 0.25) is 11.8 Å². The standard InChI is InChI=1S/C19H21N5O7/c25-15(24-14(19(30)31)7-11-8-20-10-23-11)5-6-21-16(26)9-22-17(27)12-3-1-2-4-13(12)18(28)29/h1-4,8,10,14H,5-7,9H2,(H,20,23)(H,21,26)(H,22,27)(H,24,25)(H,28,29)(H,30,31)/t14-/m0/s1. The molecule has 12 heteroatoms. The molecule has 2 rings (SSSR count). The zero-order valence-electron chi connectivity index (χ0n) is 16.3. The predicted octanol–water partition coefficient (Wildman–Crippen LogP) is -0.844. The normalized spacial score (nSPS) is 11.2. The van der Waals surface area contributed by atoms with Crippen molar-refractivity contribution in [3.8, 4) is 0 Å². The van der Waals surface area contributed by atoms with Crippen LogP contribution in [0.5, 0.6) is 0 Å². The second-order valence-electron chi connectivity index (χ2n) is 6.37. The number of hydrogen-bond donors (Lipinski definition) is 6. The summed E-state index contributed by atoms with van der Waals surface area (Å²) in [4.78, 5) is 64.8. The van der Waals surface area contributed by atoms with Crippen molar-refractivity contribution in [1.82, 2.24) is 25.9 Å². The van der Waals surface area contributed by atoms with Crippen molar-refractivity contribution < 1.29 is 34.2 Å². The van der Waals surface area contributed by atoms with Gasteiger partial charge in [-0.3, -0.25) is 14.4 Å². The average molecular weight is 431 g/mol. The number of nitrogens with zero attached hydrogens (tertiary/aromatic N) is 1. The molecule has 0 fully saturated rings. The van der Waals surface area contributed by atoms with Crippen molar-refractivity contribution in [3.05, 3.63) is 53.6 Å². The van der Waals surface area contributed by atoms with Gasteiger partial charge in [0.15, 0.2) is 0 Å². The number of H-pyrrole nitrogens is 1. The molecular weight excluding hydrogens is 410 g/mol. The lowest BCUT2D eigenvalue weighted by Gasteiger charge is -2.14. The first kappa shape index (κ1) is 23.1. The summed E-state index contributed by atoms with van der Waals surface area (Å²) < 4.78 is 0. The maximum atomic E-state index is 12.1. The fraction of sp³-hybridized carbons (Fsp3) is 0.263. The lowest BCUT2D eigenvalue weighted by molar-refractivity contribution is -0.141. The smallest absolute Gasteiger partial charge is 0.336 e. The van der Waals surface area contributed by atoms with E-state index in [4.69, 9.17) is 5.11 Å². The Hall–Kier alpha value is -4.22. The van der Waals surface area contributed by atoms with Gasteiger partial charge in [0, 0.05) is 31.3 Å². The first-order chi connectivity index (χ1) is 14.8. The van der Waals surface area contributed by atoms with Crippen molar-refractivity contribution in [1.29, 1.82) is 0 Å². The van der Waals surface area contributed by atoms with Crippen LogP contribution in [0, 0.1) is 0 Å². The number of imidazole rings is 1. The van der Waals surface area contributed by atoms with Crippen molar-refractivity contribution in [3.63, 3.8) is 0 Å². The van der Waals surface area contributed by atoms with Crippen LogP contribution in [0.4, 0.5) is 0 Å². The summed E-state index contributed by atoms with van der Waals surface area (Å²) in [5.74, 6) is -4.38. The van der Waals surface area contributed by atoms with Gasteiger partial charge in [0.05, 0.1) is 24.0 Å². The fourth-order valence-electron chi connectivity index (χ4n) is 2.58. The number of nitrogens with one attached hydrogen (secondary N) is 4. The number of benzene rings is 1. The molecule has 12 nitrogen and oxygen atoms in total. The van der Waals surface area contributed by atoms with Crippen molar-refractivity contribution in [2.24, 2.45) is 0 Å². The molecule has 0 unspecified atom stereocenters. The maximum absolute atomic E-state index is 12.1. The monoisotopic (exact) mass is 431 g/mol. The SMILES string of the molecule is O=C(CNC(=O)c1ccccc1C(=O)O)NCCC(=O)N[C@@H](Cc1cnc[nH]1)C(=O)O. The van der Waals surface area contributed by atoms with E-state index < -0.39 is 42.2 Å². The van der Waals surface area contributed by atoms with E-state index in [0.29, 0.717) is 5.69 Å². The zero-order chi connectivity index (χ0) is 22.8. The second kappa shape index (κ2) is 11.1. The Bertz CT molecular complexity index is 958. The number of aromatic carboxylic acids is 1. The Morgan fingerprint density at radius 3 is 2.32 bits per heavy atom. The average Bonchev–Trinajstić information content (AvgIpc) is 3.24. The van der Waals surface area contributed by atoms with Crippen molar-refractivity contribution >= 4 is 29.7 Å². The summed E-state index contributed by atoms with van der Waals surface area (Å²) in [6, 6.07) is 4.41. The van der Waals surface area contributed by atoms with Crippen LogP contribution >= 0.6 is 0 Å². The Morgan fingerprint density at radius 2 is 1.71 bits per heavy atom. The van der Waals surface area contributed by atoms with Gasteiger partial charge < -0.3 is 31.1 Å². The Morgan fingerprint density at radius 1 is 1.00 bits per heavy atom. The number of aromatic amines is 1. The quantitative estimate of drug-likeness (QED) is 0.265. The van der Waals surface area contributed by atoms with Crippen molar-refractivity contribution in [2.75, 3.05) is 13.1 Å². The van der Waals surface area contributed by atoms with E-state index in [-0.39, 0.29) is 30.5 Å². The van der Waals surface area contributed by atoms with Crippen molar-refractivity contribution in [2.45, 2.75) is 18.9 Å². The van der Waals surface area contributed by atoms with Crippen LogP contribution in [0.3, 0.4) is 0 Å². The van der Waals surface area contributed by atoms with Gasteiger partial charge in [0.1, 0.15) is 6.04 Å². The number of carbonyl (C=O) groups excluding carboxylic acids is 3. The number of carbonyl (C=O) groups is 5. The van der Waals surface area contributed by atoms with Gasteiger partial charge in [-0.2, -0.15) is 0 Å². The van der Waals surface area contributed by atoms with Gasteiger partial charge >= 0.3 is 11.9 Å². The highest BCUT2D eigenvalue weighted by molar-refractivity contribution is 6.05. The van der Waals surface area contributed by atoms with E-state index in [9.17, 15) is 29.1 Å². The summed E-state index contributed by atoms with van der Waals surface area (Å²) in [7, 11) is 0. The molecule has 3 amide bonds. The number of aliphatic carboxylic acids is 1. The fourth-order valence-corrected chi connectivity index (χ4v) is 2.58. The molecule has 1 atom stereocenters. The number of hydrogen-bond acceptors (Lipinski definition) is 6. The van der Waals surface area contributed by atoms with E-state index in [1.807, 2.05) is 0 Å². The minimum Gasteiger partial charge on any atom is -0.480 e. The Kier molecular flexibility index (Phi) is 8.25. The molecular formula is C19H21N5O7. The number of amides is 3. The zero-order valence-corrected chi connectivity index (χ0v) is 16.3. The maximum Gasteiger partial charge on any atom is 0.336 e.